The second-order valence-electron chi connectivity index (χ2n) is 9.11. The van der Waals surface area contributed by atoms with Crippen molar-refractivity contribution in [1.82, 2.24) is 0 Å². The molecule has 4 aromatic carbocycles. The number of aryl methyl sites for hydroxylation is 4. The van der Waals surface area contributed by atoms with Gasteiger partial charge in [0.15, 0.2) is 23.0 Å². The Morgan fingerprint density at radius 2 is 1.24 bits per heavy atom. The quantitative estimate of drug-likeness (QED) is 0.220. The topological polar surface area (TPSA) is 55.4 Å². The summed E-state index contributed by atoms with van der Waals surface area (Å²) in [6, 6.07) is 26.4. The first-order chi connectivity index (χ1) is 18.6. The summed E-state index contributed by atoms with van der Waals surface area (Å²) in [6.45, 7) is 0.172. The Kier molecular flexibility index (Phi) is 7.88. The Labute approximate surface area is 223 Å². The highest BCUT2D eigenvalue weighted by Crippen LogP contribution is 2.45. The Morgan fingerprint density at radius 1 is 0.553 bits per heavy atom. The molecule has 0 unspecified atom stereocenters. The van der Waals surface area contributed by atoms with Crippen molar-refractivity contribution in [3.05, 3.63) is 101 Å². The molecule has 5 rings (SSSR count). The van der Waals surface area contributed by atoms with Gasteiger partial charge < -0.3 is 28.4 Å². The average Bonchev–Trinajstić information content (AvgIpc) is 3.45. The zero-order valence-electron chi connectivity index (χ0n) is 22.0. The number of benzene rings is 4. The predicted molar refractivity (Wildman–Crippen MR) is 146 cm³/mol. The van der Waals surface area contributed by atoms with Crippen molar-refractivity contribution < 1.29 is 28.4 Å². The Bertz CT molecular complexity index is 1380. The van der Waals surface area contributed by atoms with Crippen molar-refractivity contribution in [3.63, 3.8) is 0 Å². The fourth-order valence-electron chi connectivity index (χ4n) is 4.52. The summed E-state index contributed by atoms with van der Waals surface area (Å²) in [5, 5.41) is 0. The summed E-state index contributed by atoms with van der Waals surface area (Å²) in [4.78, 5) is 0. The van der Waals surface area contributed by atoms with E-state index in [9.17, 15) is 0 Å². The van der Waals surface area contributed by atoms with Gasteiger partial charge in [0.1, 0.15) is 11.5 Å². The molecule has 1 aliphatic heterocycles. The molecule has 0 bridgehead atoms. The van der Waals surface area contributed by atoms with Crippen LogP contribution in [-0.2, 0) is 25.7 Å². The van der Waals surface area contributed by atoms with Crippen LogP contribution in [0.1, 0.15) is 22.3 Å². The minimum Gasteiger partial charge on any atom is -0.497 e. The summed E-state index contributed by atoms with van der Waals surface area (Å²) in [6.07, 6.45) is 3.45. The highest BCUT2D eigenvalue weighted by atomic mass is 16.7. The van der Waals surface area contributed by atoms with Gasteiger partial charge in [-0.1, -0.05) is 30.3 Å². The van der Waals surface area contributed by atoms with Gasteiger partial charge in [-0.3, -0.25) is 0 Å². The van der Waals surface area contributed by atoms with E-state index < -0.39 is 0 Å². The van der Waals surface area contributed by atoms with Gasteiger partial charge in [-0.2, -0.15) is 0 Å². The molecule has 0 spiro atoms. The van der Waals surface area contributed by atoms with Gasteiger partial charge >= 0.3 is 0 Å². The van der Waals surface area contributed by atoms with Crippen LogP contribution in [0.3, 0.4) is 0 Å². The largest absolute Gasteiger partial charge is 0.497 e. The van der Waals surface area contributed by atoms with Crippen LogP contribution in [0.25, 0.3) is 0 Å². The predicted octanol–water partition coefficient (Wildman–Crippen LogP) is 6.80. The first-order valence-electron chi connectivity index (χ1n) is 12.7. The molecule has 0 aliphatic carbocycles. The fraction of sp³-hybridized carbons (Fsp3) is 0.250. The molecule has 0 radical (unpaired) electrons. The van der Waals surface area contributed by atoms with E-state index in [1.165, 1.54) is 11.1 Å². The summed E-state index contributed by atoms with van der Waals surface area (Å²) in [5.41, 5.74) is 4.70. The van der Waals surface area contributed by atoms with E-state index in [1.54, 1.807) is 21.3 Å². The summed E-state index contributed by atoms with van der Waals surface area (Å²) >= 11 is 0. The molecular formula is C32H32O6. The second kappa shape index (κ2) is 11.8. The van der Waals surface area contributed by atoms with E-state index in [0.717, 1.165) is 48.3 Å². The molecular weight excluding hydrogens is 480 g/mol. The first-order valence-corrected chi connectivity index (χ1v) is 12.7. The van der Waals surface area contributed by atoms with E-state index in [0.29, 0.717) is 28.7 Å². The van der Waals surface area contributed by atoms with Crippen LogP contribution in [0.2, 0.25) is 0 Å². The summed E-state index contributed by atoms with van der Waals surface area (Å²) in [7, 11) is 5.01. The van der Waals surface area contributed by atoms with Gasteiger partial charge in [-0.15, -0.1) is 0 Å². The second-order valence-corrected chi connectivity index (χ2v) is 9.11. The van der Waals surface area contributed by atoms with Crippen LogP contribution < -0.4 is 28.4 Å². The zero-order chi connectivity index (χ0) is 26.3. The van der Waals surface area contributed by atoms with Gasteiger partial charge in [0.05, 0.1) is 21.3 Å². The molecule has 6 heteroatoms. The van der Waals surface area contributed by atoms with Gasteiger partial charge in [-0.25, -0.2) is 0 Å². The standard InChI is InChI=1S/C32H32O6/c1-33-26-14-11-22(12-15-26)7-10-25-19-30-32(37-21-36-30)31(20-25)38-29-18-24(13-16-28(29)35-3)9-8-23-5-4-6-27(17-23)34-2/h4-6,11-20H,7-10,21H2,1-3H3. The fourth-order valence-corrected chi connectivity index (χ4v) is 4.52. The number of ether oxygens (including phenoxy) is 6. The molecule has 38 heavy (non-hydrogen) atoms. The lowest BCUT2D eigenvalue weighted by molar-refractivity contribution is 0.171. The molecule has 0 N–H and O–H groups in total. The Balaban J connectivity index is 1.34. The van der Waals surface area contributed by atoms with Crippen LogP contribution in [0.5, 0.6) is 40.2 Å². The van der Waals surface area contributed by atoms with Crippen molar-refractivity contribution in [2.75, 3.05) is 28.1 Å². The number of methoxy groups -OCH3 is 3. The normalized spacial score (nSPS) is 11.8. The molecule has 4 aromatic rings. The molecule has 0 atom stereocenters. The lowest BCUT2D eigenvalue weighted by Gasteiger charge is -2.15. The van der Waals surface area contributed by atoms with E-state index in [-0.39, 0.29) is 6.79 Å². The minimum absolute atomic E-state index is 0.172. The van der Waals surface area contributed by atoms with Crippen LogP contribution in [0.4, 0.5) is 0 Å². The van der Waals surface area contributed by atoms with Crippen LogP contribution in [0, 0.1) is 0 Å². The number of rotatable bonds is 11. The first kappa shape index (κ1) is 25.3. The number of fused-ring (bicyclic) bond motifs is 1. The molecule has 0 aromatic heterocycles. The molecule has 1 heterocycles. The maximum Gasteiger partial charge on any atom is 0.231 e. The maximum atomic E-state index is 6.43. The maximum absolute atomic E-state index is 6.43. The number of hydrogen-bond acceptors (Lipinski definition) is 6. The van der Waals surface area contributed by atoms with Crippen LogP contribution in [-0.4, -0.2) is 28.1 Å². The van der Waals surface area contributed by atoms with Crippen LogP contribution in [0.15, 0.2) is 78.9 Å². The van der Waals surface area contributed by atoms with Crippen molar-refractivity contribution >= 4 is 0 Å². The molecule has 0 fully saturated rings. The molecule has 0 amide bonds. The van der Waals surface area contributed by atoms with E-state index >= 15 is 0 Å². The average molecular weight is 513 g/mol. The van der Waals surface area contributed by atoms with Gasteiger partial charge in [0.25, 0.3) is 0 Å². The highest BCUT2D eigenvalue weighted by molar-refractivity contribution is 5.58. The molecule has 0 saturated heterocycles. The SMILES string of the molecule is COc1ccc(CCc2cc3c(c(Oc4cc(CCc5cccc(OC)c5)ccc4OC)c2)OCO3)cc1. The van der Waals surface area contributed by atoms with Gasteiger partial charge in [-0.05, 0) is 96.5 Å². The zero-order valence-corrected chi connectivity index (χ0v) is 22.0. The van der Waals surface area contributed by atoms with Crippen molar-refractivity contribution in [1.29, 1.82) is 0 Å². The Morgan fingerprint density at radius 3 is 2.00 bits per heavy atom. The lowest BCUT2D eigenvalue weighted by Crippen LogP contribution is -1.97. The van der Waals surface area contributed by atoms with Gasteiger partial charge in [0, 0.05) is 0 Å². The monoisotopic (exact) mass is 512 g/mol. The lowest BCUT2D eigenvalue weighted by atomic mass is 10.0. The summed E-state index contributed by atoms with van der Waals surface area (Å²) < 4.78 is 34.2. The van der Waals surface area contributed by atoms with Crippen molar-refractivity contribution in [2.24, 2.45) is 0 Å². The third-order valence-electron chi connectivity index (χ3n) is 6.64. The number of hydrogen-bond donors (Lipinski definition) is 0. The minimum atomic E-state index is 0.172. The Hall–Kier alpha value is -4.32. The highest BCUT2D eigenvalue weighted by Gasteiger charge is 2.22. The van der Waals surface area contributed by atoms with Gasteiger partial charge in [0.2, 0.25) is 12.5 Å². The molecule has 6 nitrogen and oxygen atoms in total. The summed E-state index contributed by atoms with van der Waals surface area (Å²) in [5.74, 6) is 4.94. The third kappa shape index (κ3) is 5.97. The van der Waals surface area contributed by atoms with E-state index in [2.05, 4.69) is 30.3 Å². The van der Waals surface area contributed by atoms with E-state index in [4.69, 9.17) is 28.4 Å². The molecule has 1 aliphatic rings. The van der Waals surface area contributed by atoms with Crippen molar-refractivity contribution in [3.8, 4) is 40.2 Å². The molecule has 196 valence electrons. The van der Waals surface area contributed by atoms with Crippen molar-refractivity contribution in [2.45, 2.75) is 25.7 Å². The third-order valence-corrected chi connectivity index (χ3v) is 6.64. The van der Waals surface area contributed by atoms with E-state index in [1.807, 2.05) is 48.5 Å². The smallest absolute Gasteiger partial charge is 0.231 e. The molecule has 0 saturated carbocycles. The van der Waals surface area contributed by atoms with Crippen LogP contribution >= 0.6 is 0 Å².